The normalized spacial score (nSPS) is 26.0. The van der Waals surface area contributed by atoms with Crippen LogP contribution in [0.5, 0.6) is 5.75 Å². The molecule has 42 heavy (non-hydrogen) atoms. The van der Waals surface area contributed by atoms with E-state index in [1.54, 1.807) is 12.1 Å². The SMILES string of the molecule is COc1ccc(CCCO)cc1C(=O)NC1C(C(=O)Nc2ccc(F)c(C(F)(F)F)c2)[C@H]2CC[C@@H]1/C2=C\C1CCOC1. The van der Waals surface area contributed by atoms with Crippen molar-refractivity contribution in [2.75, 3.05) is 32.2 Å². The number of aliphatic hydroxyl groups is 1. The van der Waals surface area contributed by atoms with Gasteiger partial charge in [-0.1, -0.05) is 17.7 Å². The number of halogens is 4. The molecule has 1 aliphatic heterocycles. The van der Waals surface area contributed by atoms with Crippen LogP contribution in [0, 0.1) is 29.5 Å². The highest BCUT2D eigenvalue weighted by Crippen LogP contribution is 2.53. The topological polar surface area (TPSA) is 96.9 Å². The molecule has 3 aliphatic rings. The lowest BCUT2D eigenvalue weighted by Crippen LogP contribution is -2.48. The summed E-state index contributed by atoms with van der Waals surface area (Å²) in [5.74, 6) is -2.93. The monoisotopic (exact) mass is 590 g/mol. The zero-order valence-electron chi connectivity index (χ0n) is 23.2. The highest BCUT2D eigenvalue weighted by Gasteiger charge is 2.55. The molecular formula is C31H34F4N2O5. The van der Waals surface area contributed by atoms with Crippen molar-refractivity contribution in [1.29, 1.82) is 0 Å². The maximum atomic E-state index is 13.9. The molecule has 3 fully saturated rings. The lowest BCUT2D eigenvalue weighted by atomic mass is 9.83. The van der Waals surface area contributed by atoms with Gasteiger partial charge in [0.2, 0.25) is 5.91 Å². The van der Waals surface area contributed by atoms with Crippen LogP contribution in [0.15, 0.2) is 48.0 Å². The van der Waals surface area contributed by atoms with Gasteiger partial charge in [0.05, 0.1) is 30.8 Å². The van der Waals surface area contributed by atoms with Gasteiger partial charge in [0.15, 0.2) is 0 Å². The van der Waals surface area contributed by atoms with Crippen LogP contribution in [0.25, 0.3) is 0 Å². The van der Waals surface area contributed by atoms with E-state index in [1.807, 2.05) is 6.07 Å². The van der Waals surface area contributed by atoms with E-state index >= 15 is 0 Å². The van der Waals surface area contributed by atoms with Gasteiger partial charge in [0.25, 0.3) is 5.91 Å². The third-order valence-corrected chi connectivity index (χ3v) is 8.56. The maximum absolute atomic E-state index is 13.9. The molecule has 0 spiro atoms. The molecule has 7 nitrogen and oxygen atoms in total. The maximum Gasteiger partial charge on any atom is 0.419 e. The van der Waals surface area contributed by atoms with Crippen LogP contribution in [-0.4, -0.2) is 49.9 Å². The number of fused-ring (bicyclic) bond motifs is 2. The van der Waals surface area contributed by atoms with Crippen LogP contribution in [0.1, 0.15) is 47.2 Å². The van der Waals surface area contributed by atoms with Crippen LogP contribution < -0.4 is 15.4 Å². The van der Waals surface area contributed by atoms with Crippen molar-refractivity contribution in [2.24, 2.45) is 23.7 Å². The highest BCUT2D eigenvalue weighted by atomic mass is 19.4. The molecule has 2 aromatic rings. The first-order valence-electron chi connectivity index (χ1n) is 14.2. The number of carbonyl (C=O) groups is 2. The Bertz CT molecular complexity index is 1360. The Hall–Kier alpha value is -3.44. The summed E-state index contributed by atoms with van der Waals surface area (Å²) in [4.78, 5) is 27.4. The first-order chi connectivity index (χ1) is 20.1. The van der Waals surface area contributed by atoms with E-state index in [1.165, 1.54) is 7.11 Å². The van der Waals surface area contributed by atoms with Crippen molar-refractivity contribution in [2.45, 2.75) is 44.3 Å². The van der Waals surface area contributed by atoms with Gasteiger partial charge >= 0.3 is 6.18 Å². The van der Waals surface area contributed by atoms with E-state index in [2.05, 4.69) is 16.7 Å². The van der Waals surface area contributed by atoms with Crippen LogP contribution in [0.3, 0.4) is 0 Å². The quantitative estimate of drug-likeness (QED) is 0.278. The molecule has 1 heterocycles. The summed E-state index contributed by atoms with van der Waals surface area (Å²) in [5, 5.41) is 14.8. The number of anilines is 1. The Morgan fingerprint density at radius 2 is 1.90 bits per heavy atom. The summed E-state index contributed by atoms with van der Waals surface area (Å²) in [7, 11) is 1.45. The minimum Gasteiger partial charge on any atom is -0.496 e. The number of rotatable bonds is 9. The van der Waals surface area contributed by atoms with E-state index in [4.69, 9.17) is 9.47 Å². The van der Waals surface area contributed by atoms with Crippen molar-refractivity contribution in [3.63, 3.8) is 0 Å². The number of hydrogen-bond acceptors (Lipinski definition) is 5. The van der Waals surface area contributed by atoms with E-state index < -0.39 is 41.3 Å². The van der Waals surface area contributed by atoms with Gasteiger partial charge in [-0.25, -0.2) is 4.39 Å². The standard InChI is InChI=1S/C31H34F4N2O5/c1-41-26-9-4-17(3-2-11-38)13-23(26)29(39)37-28-21-7-6-20(22(21)14-18-10-12-42-16-18)27(28)30(40)36-19-5-8-25(32)24(15-19)31(33,34)35/h4-5,8-9,13-15,18,20-21,27-28,38H,2-3,6-7,10-12,16H2,1H3,(H,36,40)(H,37,39)/b22-14-/t18?,20-,21+,27?,28?/m0/s1. The predicted octanol–water partition coefficient (Wildman–Crippen LogP) is 5.13. The van der Waals surface area contributed by atoms with Crippen LogP contribution in [0.2, 0.25) is 0 Å². The van der Waals surface area contributed by atoms with Gasteiger partial charge in [0.1, 0.15) is 11.6 Å². The molecule has 3 unspecified atom stereocenters. The Balaban J connectivity index is 1.44. The number of aliphatic hydroxyl groups excluding tert-OH is 1. The molecule has 3 N–H and O–H groups in total. The molecule has 0 radical (unpaired) electrons. The number of benzene rings is 2. The summed E-state index contributed by atoms with van der Waals surface area (Å²) >= 11 is 0. The highest BCUT2D eigenvalue weighted by molar-refractivity contribution is 5.99. The Morgan fingerprint density at radius 3 is 2.60 bits per heavy atom. The van der Waals surface area contributed by atoms with Gasteiger partial charge < -0.3 is 25.2 Å². The third-order valence-electron chi connectivity index (χ3n) is 8.56. The first kappa shape index (κ1) is 30.0. The largest absolute Gasteiger partial charge is 0.496 e. The molecule has 2 amide bonds. The summed E-state index contributed by atoms with van der Waals surface area (Å²) in [6, 6.07) is 6.96. The molecule has 1 saturated heterocycles. The van der Waals surface area contributed by atoms with Gasteiger partial charge in [-0.05, 0) is 73.9 Å². The number of carbonyl (C=O) groups excluding carboxylic acids is 2. The molecule has 5 rings (SSSR count). The summed E-state index contributed by atoms with van der Waals surface area (Å²) in [5.41, 5.74) is 0.561. The predicted molar refractivity (Wildman–Crippen MR) is 146 cm³/mol. The molecule has 2 bridgehead atoms. The third kappa shape index (κ3) is 6.17. The number of aryl methyl sites for hydroxylation is 1. The number of ether oxygens (including phenoxy) is 2. The zero-order valence-corrected chi connectivity index (χ0v) is 23.2. The number of methoxy groups -OCH3 is 1. The number of hydrogen-bond donors (Lipinski definition) is 3. The number of nitrogens with one attached hydrogen (secondary N) is 2. The first-order valence-corrected chi connectivity index (χ1v) is 14.2. The molecule has 2 aliphatic carbocycles. The van der Waals surface area contributed by atoms with Gasteiger partial charge in [0, 0.05) is 36.8 Å². The zero-order chi connectivity index (χ0) is 30.0. The second kappa shape index (κ2) is 12.4. The smallest absolute Gasteiger partial charge is 0.419 e. The van der Waals surface area contributed by atoms with Gasteiger partial charge in [-0.2, -0.15) is 13.2 Å². The number of alkyl halides is 3. The van der Waals surface area contributed by atoms with Crippen molar-refractivity contribution in [3.8, 4) is 5.75 Å². The minimum absolute atomic E-state index is 0.00909. The van der Waals surface area contributed by atoms with Crippen molar-refractivity contribution < 1.29 is 41.7 Å². The van der Waals surface area contributed by atoms with E-state index in [9.17, 15) is 32.3 Å². The molecule has 226 valence electrons. The average Bonchev–Trinajstić information content (AvgIpc) is 3.68. The lowest BCUT2D eigenvalue weighted by Gasteiger charge is -2.30. The second-order valence-corrected chi connectivity index (χ2v) is 11.1. The summed E-state index contributed by atoms with van der Waals surface area (Å²) in [6.45, 7) is 1.23. The average molecular weight is 591 g/mol. The van der Waals surface area contributed by atoms with E-state index in [0.717, 1.165) is 30.0 Å². The summed E-state index contributed by atoms with van der Waals surface area (Å²) in [6.07, 6.45) is 0.626. The minimum atomic E-state index is -4.92. The lowest BCUT2D eigenvalue weighted by molar-refractivity contribution is -0.140. The molecule has 2 aromatic carbocycles. The molecule has 5 atom stereocenters. The fourth-order valence-corrected chi connectivity index (χ4v) is 6.63. The fraction of sp³-hybridized carbons (Fsp3) is 0.484. The molecule has 11 heteroatoms. The summed E-state index contributed by atoms with van der Waals surface area (Å²) < 4.78 is 64.8. The Kier molecular flexibility index (Phi) is 8.89. The van der Waals surface area contributed by atoms with Crippen molar-refractivity contribution in [1.82, 2.24) is 5.32 Å². The van der Waals surface area contributed by atoms with Crippen LogP contribution >= 0.6 is 0 Å². The van der Waals surface area contributed by atoms with Crippen LogP contribution in [0.4, 0.5) is 23.2 Å². The molecular weight excluding hydrogens is 556 g/mol. The van der Waals surface area contributed by atoms with Crippen molar-refractivity contribution >= 4 is 17.5 Å². The molecule has 2 saturated carbocycles. The fourth-order valence-electron chi connectivity index (χ4n) is 6.63. The number of amides is 2. The van der Waals surface area contributed by atoms with Crippen LogP contribution in [-0.2, 0) is 22.1 Å². The Morgan fingerprint density at radius 1 is 1.12 bits per heavy atom. The molecule has 0 aromatic heterocycles. The van der Waals surface area contributed by atoms with Gasteiger partial charge in [-0.15, -0.1) is 0 Å². The second-order valence-electron chi connectivity index (χ2n) is 11.1. The Labute approximate surface area is 241 Å². The van der Waals surface area contributed by atoms with Crippen molar-refractivity contribution in [3.05, 3.63) is 70.6 Å². The van der Waals surface area contributed by atoms with Gasteiger partial charge in [-0.3, -0.25) is 9.59 Å². The van der Waals surface area contributed by atoms with E-state index in [-0.39, 0.29) is 35.6 Å². The van der Waals surface area contributed by atoms with E-state index in [0.29, 0.717) is 50.4 Å².